The molecule has 1 unspecified atom stereocenters. The zero-order chi connectivity index (χ0) is 14.2. The Bertz CT molecular complexity index is 599. The highest BCUT2D eigenvalue weighted by atomic mass is 79.9. The largest absolute Gasteiger partial charge is 0.320 e. The molecule has 2 N–H and O–H groups in total. The van der Waals surface area contributed by atoms with Crippen molar-refractivity contribution >= 4 is 27.5 Å². The summed E-state index contributed by atoms with van der Waals surface area (Å²) >= 11 is 9.52. The van der Waals surface area contributed by atoms with Crippen LogP contribution in [0.15, 0.2) is 34.8 Å². The van der Waals surface area contributed by atoms with E-state index in [-0.39, 0.29) is 6.04 Å². The smallest absolute Gasteiger partial charge is 0.0568 e. The topological polar surface area (TPSA) is 26.0 Å². The van der Waals surface area contributed by atoms with E-state index in [1.54, 1.807) is 0 Å². The van der Waals surface area contributed by atoms with E-state index in [2.05, 4.69) is 48.8 Å². The molecule has 0 amide bonds. The fraction of sp³-hybridized carbons (Fsp3) is 0.250. The van der Waals surface area contributed by atoms with Gasteiger partial charge < -0.3 is 5.73 Å². The molecule has 0 spiro atoms. The summed E-state index contributed by atoms with van der Waals surface area (Å²) in [6.45, 7) is 6.32. The van der Waals surface area contributed by atoms with Crippen molar-refractivity contribution < 1.29 is 0 Å². The van der Waals surface area contributed by atoms with Gasteiger partial charge in [0, 0.05) is 9.50 Å². The molecule has 100 valence electrons. The van der Waals surface area contributed by atoms with E-state index < -0.39 is 0 Å². The van der Waals surface area contributed by atoms with Crippen LogP contribution in [0.1, 0.15) is 33.9 Å². The molecule has 1 nitrogen and oxygen atoms in total. The van der Waals surface area contributed by atoms with Crippen LogP contribution in [0.3, 0.4) is 0 Å². The molecule has 2 rings (SSSR count). The Hall–Kier alpha value is -0.830. The highest BCUT2D eigenvalue weighted by molar-refractivity contribution is 9.10. The molecule has 0 saturated heterocycles. The molecule has 0 saturated carbocycles. The van der Waals surface area contributed by atoms with Crippen LogP contribution in [0, 0.1) is 20.8 Å². The Balaban J connectivity index is 2.53. The van der Waals surface area contributed by atoms with Gasteiger partial charge >= 0.3 is 0 Å². The number of nitrogens with two attached hydrogens (primary N) is 1. The van der Waals surface area contributed by atoms with Gasteiger partial charge in [-0.3, -0.25) is 0 Å². The summed E-state index contributed by atoms with van der Waals surface area (Å²) in [5, 5.41) is 0.708. The first kappa shape index (κ1) is 14.6. The molecule has 0 heterocycles. The van der Waals surface area contributed by atoms with E-state index in [4.69, 9.17) is 17.3 Å². The second-order valence-electron chi connectivity index (χ2n) is 4.96. The van der Waals surface area contributed by atoms with Gasteiger partial charge in [-0.25, -0.2) is 0 Å². The van der Waals surface area contributed by atoms with Gasteiger partial charge in [-0.1, -0.05) is 51.3 Å². The monoisotopic (exact) mass is 337 g/mol. The van der Waals surface area contributed by atoms with E-state index in [1.807, 2.05) is 18.2 Å². The molecule has 0 aliphatic heterocycles. The molecule has 0 aliphatic rings. The van der Waals surface area contributed by atoms with E-state index in [9.17, 15) is 0 Å². The lowest BCUT2D eigenvalue weighted by atomic mass is 9.90. The molecule has 0 bridgehead atoms. The molecule has 19 heavy (non-hydrogen) atoms. The number of aryl methyl sites for hydroxylation is 3. The average Bonchev–Trinajstić information content (AvgIpc) is 2.26. The van der Waals surface area contributed by atoms with Crippen LogP contribution in [-0.4, -0.2) is 0 Å². The molecule has 0 aromatic heterocycles. The standard InChI is InChI=1S/C16H17BrClN/c1-9-6-10(2)15(11(3)7-9)16(19)13-5-4-12(18)8-14(13)17/h4-8,16H,19H2,1-3H3. The van der Waals surface area contributed by atoms with Crippen molar-refractivity contribution in [1.29, 1.82) is 0 Å². The van der Waals surface area contributed by atoms with Crippen LogP contribution in [0.5, 0.6) is 0 Å². The highest BCUT2D eigenvalue weighted by Gasteiger charge is 2.17. The second-order valence-corrected chi connectivity index (χ2v) is 6.25. The number of halogens is 2. The minimum absolute atomic E-state index is 0.146. The van der Waals surface area contributed by atoms with Gasteiger partial charge in [-0.2, -0.15) is 0 Å². The van der Waals surface area contributed by atoms with Gasteiger partial charge in [0.2, 0.25) is 0 Å². The summed E-state index contributed by atoms with van der Waals surface area (Å²) in [6.07, 6.45) is 0. The predicted molar refractivity (Wildman–Crippen MR) is 85.8 cm³/mol. The van der Waals surface area contributed by atoms with E-state index in [1.165, 1.54) is 22.3 Å². The van der Waals surface area contributed by atoms with Crippen molar-refractivity contribution in [1.82, 2.24) is 0 Å². The first-order valence-electron chi connectivity index (χ1n) is 6.18. The van der Waals surface area contributed by atoms with Gasteiger partial charge in [0.1, 0.15) is 0 Å². The molecule has 1 atom stereocenters. The van der Waals surface area contributed by atoms with Gasteiger partial charge in [-0.15, -0.1) is 0 Å². The average molecular weight is 339 g/mol. The number of benzene rings is 2. The third-order valence-corrected chi connectivity index (χ3v) is 4.27. The summed E-state index contributed by atoms with van der Waals surface area (Å²) in [4.78, 5) is 0. The maximum absolute atomic E-state index is 6.45. The van der Waals surface area contributed by atoms with E-state index >= 15 is 0 Å². The van der Waals surface area contributed by atoms with Crippen molar-refractivity contribution in [2.75, 3.05) is 0 Å². The Labute approximate surface area is 127 Å². The van der Waals surface area contributed by atoms with Crippen molar-refractivity contribution in [3.8, 4) is 0 Å². The van der Waals surface area contributed by atoms with Crippen LogP contribution in [0.2, 0.25) is 5.02 Å². The number of hydrogen-bond acceptors (Lipinski definition) is 1. The third-order valence-electron chi connectivity index (χ3n) is 3.35. The first-order valence-corrected chi connectivity index (χ1v) is 7.35. The molecule has 2 aromatic rings. The zero-order valence-corrected chi connectivity index (χ0v) is 13.6. The van der Waals surface area contributed by atoms with Crippen LogP contribution < -0.4 is 5.73 Å². The fourth-order valence-corrected chi connectivity index (χ4v) is 3.52. The predicted octanol–water partition coefficient (Wildman–Crippen LogP) is 5.08. The summed E-state index contributed by atoms with van der Waals surface area (Å²) in [5.41, 5.74) is 12.4. The molecular formula is C16H17BrClN. The van der Waals surface area contributed by atoms with Gasteiger partial charge in [0.15, 0.2) is 0 Å². The van der Waals surface area contributed by atoms with Crippen molar-refractivity contribution in [2.24, 2.45) is 5.73 Å². The molecule has 2 aromatic carbocycles. The Morgan fingerprint density at radius 1 is 1.05 bits per heavy atom. The lowest BCUT2D eigenvalue weighted by molar-refractivity contribution is 0.845. The SMILES string of the molecule is Cc1cc(C)c(C(N)c2ccc(Cl)cc2Br)c(C)c1. The zero-order valence-electron chi connectivity index (χ0n) is 11.3. The summed E-state index contributed by atoms with van der Waals surface area (Å²) in [5.74, 6) is 0. The highest BCUT2D eigenvalue weighted by Crippen LogP contribution is 2.32. The third kappa shape index (κ3) is 3.02. The van der Waals surface area contributed by atoms with Gasteiger partial charge in [0.05, 0.1) is 6.04 Å². The fourth-order valence-electron chi connectivity index (χ4n) is 2.59. The van der Waals surface area contributed by atoms with E-state index in [0.717, 1.165) is 10.0 Å². The lowest BCUT2D eigenvalue weighted by Crippen LogP contribution is -2.15. The van der Waals surface area contributed by atoms with Crippen molar-refractivity contribution in [3.05, 3.63) is 67.6 Å². The second kappa shape index (κ2) is 5.66. The van der Waals surface area contributed by atoms with Crippen LogP contribution in [0.4, 0.5) is 0 Å². The molecular weight excluding hydrogens is 322 g/mol. The summed E-state index contributed by atoms with van der Waals surface area (Å²) in [7, 11) is 0. The van der Waals surface area contributed by atoms with Crippen LogP contribution >= 0.6 is 27.5 Å². The van der Waals surface area contributed by atoms with Gasteiger partial charge in [0.25, 0.3) is 0 Å². The van der Waals surface area contributed by atoms with E-state index in [0.29, 0.717) is 5.02 Å². The Kier molecular flexibility index (Phi) is 4.34. The summed E-state index contributed by atoms with van der Waals surface area (Å²) in [6, 6.07) is 9.94. The van der Waals surface area contributed by atoms with Crippen LogP contribution in [0.25, 0.3) is 0 Å². The van der Waals surface area contributed by atoms with Crippen molar-refractivity contribution in [2.45, 2.75) is 26.8 Å². The maximum Gasteiger partial charge on any atom is 0.0568 e. The number of rotatable bonds is 2. The maximum atomic E-state index is 6.45. The lowest BCUT2D eigenvalue weighted by Gasteiger charge is -2.20. The summed E-state index contributed by atoms with van der Waals surface area (Å²) < 4.78 is 0.951. The Morgan fingerprint density at radius 2 is 1.63 bits per heavy atom. The first-order chi connectivity index (χ1) is 8.90. The molecule has 0 aliphatic carbocycles. The quantitative estimate of drug-likeness (QED) is 0.812. The Morgan fingerprint density at radius 3 is 2.16 bits per heavy atom. The minimum atomic E-state index is -0.146. The van der Waals surface area contributed by atoms with Gasteiger partial charge in [-0.05, 0) is 55.2 Å². The minimum Gasteiger partial charge on any atom is -0.320 e. The molecule has 3 heteroatoms. The van der Waals surface area contributed by atoms with Crippen molar-refractivity contribution in [3.63, 3.8) is 0 Å². The van der Waals surface area contributed by atoms with Crippen LogP contribution in [-0.2, 0) is 0 Å². The molecule has 0 radical (unpaired) electrons. The normalized spacial score (nSPS) is 12.5. The number of hydrogen-bond donors (Lipinski definition) is 1. The molecule has 0 fully saturated rings.